The van der Waals surface area contributed by atoms with E-state index in [2.05, 4.69) is 159 Å². The SMILES string of the molecule is C=C/C=C1/C(c2cc(CC)c(CN(C)C(=C)CCCCN3CCC4C3CN4c3ccc4c(=C)n(C5CCC(=C)NC5=C)c(=C)c4c3)c(CC)c2)=CN(C)C(=C)/C1=C/C. The van der Waals surface area contributed by atoms with Crippen LogP contribution in [0.1, 0.15) is 87.6 Å². The highest BCUT2D eigenvalue weighted by atomic mass is 15.4. The fourth-order valence-corrected chi connectivity index (χ4v) is 10.1. The average molecular weight is 775 g/mol. The second-order valence-electron chi connectivity index (χ2n) is 16.9. The number of hydrogen-bond acceptors (Lipinski definition) is 5. The molecule has 3 unspecified atom stereocenters. The molecule has 3 fully saturated rings. The molecule has 1 aromatic heterocycles. The van der Waals surface area contributed by atoms with Gasteiger partial charge in [0.05, 0.1) is 6.04 Å². The van der Waals surface area contributed by atoms with E-state index in [1.807, 2.05) is 6.08 Å². The van der Waals surface area contributed by atoms with E-state index in [0.717, 1.165) is 91.5 Å². The standard InChI is InChI=1S/C52H66N6/c1-13-19-46-44(16-4)37(8)55(12)32-49(46)42-28-40(14-2)48(41(15-3)29-42)31-54(11)35(6)20-17-18-26-56-27-25-51-52(56)33-57(51)43-22-23-45-38(9)58(39(10)47(45)30-43)50-24-21-34(5)53-36(50)7/h13,16,19,22-23,28-30,32,50-53H,1,5-10,14-15,17-18,20-21,24-27,31,33H2,2-4,11-12H3/b44-16-,46-19+. The lowest BCUT2D eigenvalue weighted by molar-refractivity contribution is 0.199. The summed E-state index contributed by atoms with van der Waals surface area (Å²) in [6.07, 6.45) is 16.9. The molecule has 0 spiro atoms. The number of aromatic nitrogens is 1. The lowest BCUT2D eigenvalue weighted by Gasteiger charge is -2.48. The van der Waals surface area contributed by atoms with Crippen LogP contribution in [0.15, 0.2) is 122 Å². The van der Waals surface area contributed by atoms with Crippen LogP contribution in [-0.4, -0.2) is 65.1 Å². The number of rotatable bonds is 14. The van der Waals surface area contributed by atoms with Crippen molar-refractivity contribution in [2.75, 3.05) is 38.6 Å². The molecule has 0 saturated carbocycles. The van der Waals surface area contributed by atoms with E-state index in [1.54, 1.807) is 0 Å². The molecule has 6 nitrogen and oxygen atoms in total. The third kappa shape index (κ3) is 7.48. The van der Waals surface area contributed by atoms with Crippen molar-refractivity contribution in [1.29, 1.82) is 0 Å². The Hall–Kier alpha value is -5.20. The maximum atomic E-state index is 4.57. The van der Waals surface area contributed by atoms with E-state index in [4.69, 9.17) is 0 Å². The molecular formula is C52H66N6. The van der Waals surface area contributed by atoms with Crippen LogP contribution in [-0.2, 0) is 19.4 Å². The largest absolute Gasteiger partial charge is 0.374 e. The summed E-state index contributed by atoms with van der Waals surface area (Å²) in [5, 5.41) is 7.81. The van der Waals surface area contributed by atoms with Gasteiger partial charge in [0.1, 0.15) is 0 Å². The fraction of sp³-hybridized carbons (Fsp3) is 0.385. The number of likely N-dealkylation sites (tertiary alicyclic amines) is 1. The predicted molar refractivity (Wildman–Crippen MR) is 250 cm³/mol. The Bertz CT molecular complexity index is 2340. The van der Waals surface area contributed by atoms with Gasteiger partial charge in [-0.1, -0.05) is 96.3 Å². The zero-order valence-corrected chi connectivity index (χ0v) is 36.1. The summed E-state index contributed by atoms with van der Waals surface area (Å²) in [4.78, 5) is 9.89. The minimum atomic E-state index is 0.145. The van der Waals surface area contributed by atoms with E-state index in [0.29, 0.717) is 12.1 Å². The average Bonchev–Trinajstić information content (AvgIpc) is 3.64. The van der Waals surface area contributed by atoms with E-state index in [9.17, 15) is 0 Å². The van der Waals surface area contributed by atoms with Gasteiger partial charge in [0.2, 0.25) is 0 Å². The van der Waals surface area contributed by atoms with Crippen molar-refractivity contribution in [3.8, 4) is 0 Å². The molecule has 3 atom stereocenters. The van der Waals surface area contributed by atoms with Gasteiger partial charge in [-0.05, 0) is 105 Å². The monoisotopic (exact) mass is 775 g/mol. The number of aryl methyl sites for hydroxylation is 2. The van der Waals surface area contributed by atoms with Crippen molar-refractivity contribution in [2.45, 2.75) is 96.8 Å². The highest BCUT2D eigenvalue weighted by Gasteiger charge is 2.46. The lowest BCUT2D eigenvalue weighted by atomic mass is 9.84. The first-order chi connectivity index (χ1) is 27.9. The van der Waals surface area contributed by atoms with Crippen molar-refractivity contribution in [3.63, 3.8) is 0 Å². The van der Waals surface area contributed by atoms with Crippen LogP contribution in [0.3, 0.4) is 0 Å². The number of likely N-dealkylation sites (N-methyl/N-ethyl adjacent to an activating group) is 1. The number of anilines is 1. The van der Waals surface area contributed by atoms with Crippen LogP contribution in [0.2, 0.25) is 0 Å². The summed E-state index contributed by atoms with van der Waals surface area (Å²) in [6.45, 7) is 41.3. The van der Waals surface area contributed by atoms with E-state index < -0.39 is 0 Å². The Morgan fingerprint density at radius 1 is 0.931 bits per heavy atom. The van der Waals surface area contributed by atoms with Crippen molar-refractivity contribution >= 4 is 35.2 Å². The van der Waals surface area contributed by atoms with Crippen LogP contribution in [0, 0.1) is 0 Å². The van der Waals surface area contributed by atoms with Gasteiger partial charge in [0.15, 0.2) is 0 Å². The van der Waals surface area contributed by atoms with Crippen molar-refractivity contribution in [2.24, 2.45) is 0 Å². The Morgan fingerprint density at radius 2 is 1.66 bits per heavy atom. The van der Waals surface area contributed by atoms with E-state index in [1.165, 1.54) is 74.9 Å². The van der Waals surface area contributed by atoms with Gasteiger partial charge < -0.3 is 24.6 Å². The van der Waals surface area contributed by atoms with Crippen molar-refractivity contribution in [1.82, 2.24) is 24.6 Å². The van der Waals surface area contributed by atoms with Crippen LogP contribution in [0.4, 0.5) is 5.69 Å². The molecule has 1 N–H and O–H groups in total. The fourth-order valence-electron chi connectivity index (χ4n) is 10.1. The molecule has 304 valence electrons. The molecule has 3 aromatic rings. The normalized spacial score (nSPS) is 22.4. The lowest BCUT2D eigenvalue weighted by Crippen LogP contribution is -2.62. The molecule has 3 saturated heterocycles. The number of piperidine rings is 1. The third-order valence-corrected chi connectivity index (χ3v) is 13.5. The van der Waals surface area contributed by atoms with Gasteiger partial charge in [0, 0.05) is 113 Å². The predicted octanol–water partition coefficient (Wildman–Crippen LogP) is 9.48. The van der Waals surface area contributed by atoms with Gasteiger partial charge in [-0.2, -0.15) is 0 Å². The second-order valence-corrected chi connectivity index (χ2v) is 16.9. The molecule has 4 aliphatic rings. The summed E-state index contributed by atoms with van der Waals surface area (Å²) in [5.41, 5.74) is 14.6. The Labute approximate surface area is 348 Å². The van der Waals surface area contributed by atoms with Gasteiger partial charge in [-0.3, -0.25) is 4.90 Å². The number of allylic oxidation sites excluding steroid dienone is 8. The number of nitrogens with one attached hydrogen (secondary N) is 1. The second kappa shape index (κ2) is 17.0. The number of nitrogens with zero attached hydrogens (tertiary/aromatic N) is 5. The first-order valence-corrected chi connectivity index (χ1v) is 21.5. The van der Waals surface area contributed by atoms with Gasteiger partial charge >= 0.3 is 0 Å². The Balaban J connectivity index is 0.936. The van der Waals surface area contributed by atoms with Crippen LogP contribution < -0.4 is 20.9 Å². The number of hydrogen-bond donors (Lipinski definition) is 1. The number of fused-ring (bicyclic) bond motifs is 2. The molecule has 58 heavy (non-hydrogen) atoms. The highest BCUT2D eigenvalue weighted by molar-refractivity contribution is 5.89. The summed E-state index contributed by atoms with van der Waals surface area (Å²) < 4.78 is 2.28. The molecule has 0 bridgehead atoms. The van der Waals surface area contributed by atoms with Gasteiger partial charge in [-0.25, -0.2) is 0 Å². The van der Waals surface area contributed by atoms with Crippen LogP contribution >= 0.6 is 0 Å². The maximum absolute atomic E-state index is 4.57. The summed E-state index contributed by atoms with van der Waals surface area (Å²) in [6, 6.07) is 13.1. The zero-order valence-electron chi connectivity index (χ0n) is 36.1. The first kappa shape index (κ1) is 41.0. The van der Waals surface area contributed by atoms with Gasteiger partial charge in [0.25, 0.3) is 0 Å². The molecule has 6 heteroatoms. The quantitative estimate of drug-likeness (QED) is 0.165. The highest BCUT2D eigenvalue weighted by Crippen LogP contribution is 2.40. The molecule has 2 aromatic carbocycles. The summed E-state index contributed by atoms with van der Waals surface area (Å²) in [7, 11) is 4.31. The minimum Gasteiger partial charge on any atom is -0.374 e. The third-order valence-electron chi connectivity index (χ3n) is 13.5. The van der Waals surface area contributed by atoms with Gasteiger partial charge in [-0.15, -0.1) is 0 Å². The summed E-state index contributed by atoms with van der Waals surface area (Å²) >= 11 is 0. The smallest absolute Gasteiger partial charge is 0.0738 e. The van der Waals surface area contributed by atoms with E-state index in [-0.39, 0.29) is 6.04 Å². The number of benzene rings is 2. The molecule has 0 radical (unpaired) electrons. The summed E-state index contributed by atoms with van der Waals surface area (Å²) in [5.74, 6) is 0. The zero-order chi connectivity index (χ0) is 41.4. The number of unbranched alkanes of at least 4 members (excludes halogenated alkanes) is 1. The van der Waals surface area contributed by atoms with Crippen LogP contribution in [0.5, 0.6) is 0 Å². The Kier molecular flexibility index (Phi) is 12.0. The molecule has 5 heterocycles. The topological polar surface area (TPSA) is 29.9 Å². The van der Waals surface area contributed by atoms with Crippen LogP contribution in [0.25, 0.3) is 29.5 Å². The van der Waals surface area contributed by atoms with E-state index >= 15 is 0 Å². The molecular weight excluding hydrogens is 709 g/mol. The first-order valence-electron chi connectivity index (χ1n) is 21.5. The molecule has 7 rings (SSSR count). The Morgan fingerprint density at radius 3 is 2.33 bits per heavy atom. The molecule has 0 aliphatic carbocycles. The maximum Gasteiger partial charge on any atom is 0.0738 e. The van der Waals surface area contributed by atoms with Crippen molar-refractivity contribution < 1.29 is 0 Å². The molecule has 0 amide bonds. The minimum absolute atomic E-state index is 0.145. The van der Waals surface area contributed by atoms with Crippen molar-refractivity contribution in [3.05, 3.63) is 155 Å². The molecule has 4 aliphatic heterocycles.